The molecule has 1 aromatic heterocycles. The van der Waals surface area contributed by atoms with Gasteiger partial charge < -0.3 is 10.1 Å². The number of rotatable bonds is 4. The molecule has 0 saturated heterocycles. The molecule has 0 atom stereocenters. The first kappa shape index (κ1) is 14.8. The van der Waals surface area contributed by atoms with Crippen LogP contribution < -0.4 is 10.1 Å². The van der Waals surface area contributed by atoms with Crippen molar-refractivity contribution in [3.8, 4) is 5.88 Å². The number of hydrogen-bond donors (Lipinski definition) is 1. The fourth-order valence-corrected chi connectivity index (χ4v) is 1.29. The molecular formula is C13H24N2O. The van der Waals surface area contributed by atoms with E-state index in [1.165, 1.54) is 11.1 Å². The molecule has 1 N–H and O–H groups in total. The van der Waals surface area contributed by atoms with Crippen LogP contribution in [0.25, 0.3) is 0 Å². The molecular weight excluding hydrogens is 200 g/mol. The molecule has 0 bridgehead atoms. The van der Waals surface area contributed by atoms with Crippen LogP contribution in [0.15, 0.2) is 6.20 Å². The van der Waals surface area contributed by atoms with E-state index in [-0.39, 0.29) is 0 Å². The SMILES string of the molecule is CC.CCCNc1c(OC)ncc(C)c1C. The second-order valence-corrected chi connectivity index (χ2v) is 3.38. The van der Waals surface area contributed by atoms with E-state index >= 15 is 0 Å². The normalized spacial score (nSPS) is 9.12. The van der Waals surface area contributed by atoms with Crippen molar-refractivity contribution in [2.75, 3.05) is 19.0 Å². The summed E-state index contributed by atoms with van der Waals surface area (Å²) < 4.78 is 5.20. The Hall–Kier alpha value is -1.25. The van der Waals surface area contributed by atoms with Crippen molar-refractivity contribution < 1.29 is 4.74 Å². The summed E-state index contributed by atoms with van der Waals surface area (Å²) >= 11 is 0. The summed E-state index contributed by atoms with van der Waals surface area (Å²) in [5, 5.41) is 3.34. The van der Waals surface area contributed by atoms with E-state index in [1.807, 2.05) is 20.0 Å². The van der Waals surface area contributed by atoms with Gasteiger partial charge in [-0.2, -0.15) is 0 Å². The zero-order valence-electron chi connectivity index (χ0n) is 11.3. The lowest BCUT2D eigenvalue weighted by Crippen LogP contribution is -2.06. The molecule has 1 rings (SSSR count). The van der Waals surface area contributed by atoms with Crippen LogP contribution in [0.3, 0.4) is 0 Å². The van der Waals surface area contributed by atoms with E-state index in [4.69, 9.17) is 4.74 Å². The van der Waals surface area contributed by atoms with Gasteiger partial charge in [-0.3, -0.25) is 0 Å². The summed E-state index contributed by atoms with van der Waals surface area (Å²) in [5.41, 5.74) is 3.42. The maximum Gasteiger partial charge on any atom is 0.237 e. The van der Waals surface area contributed by atoms with E-state index in [1.54, 1.807) is 7.11 Å². The van der Waals surface area contributed by atoms with Gasteiger partial charge in [-0.25, -0.2) is 4.98 Å². The minimum absolute atomic E-state index is 0.682. The largest absolute Gasteiger partial charge is 0.480 e. The lowest BCUT2D eigenvalue weighted by atomic mass is 10.1. The maximum absolute atomic E-state index is 5.20. The smallest absolute Gasteiger partial charge is 0.237 e. The van der Waals surface area contributed by atoms with Gasteiger partial charge in [0.1, 0.15) is 5.69 Å². The van der Waals surface area contributed by atoms with Crippen molar-refractivity contribution in [3.05, 3.63) is 17.3 Å². The van der Waals surface area contributed by atoms with Gasteiger partial charge in [0.2, 0.25) is 5.88 Å². The van der Waals surface area contributed by atoms with Crippen LogP contribution in [-0.4, -0.2) is 18.6 Å². The Morgan fingerprint density at radius 2 is 1.94 bits per heavy atom. The Kier molecular flexibility index (Phi) is 7.34. The molecule has 0 fully saturated rings. The Bertz CT molecular complexity index is 311. The first-order valence-electron chi connectivity index (χ1n) is 5.94. The lowest BCUT2D eigenvalue weighted by molar-refractivity contribution is 0.399. The van der Waals surface area contributed by atoms with Crippen molar-refractivity contribution in [2.45, 2.75) is 41.0 Å². The van der Waals surface area contributed by atoms with Crippen molar-refractivity contribution in [1.29, 1.82) is 0 Å². The summed E-state index contributed by atoms with van der Waals surface area (Å²) in [6.07, 6.45) is 2.93. The molecule has 16 heavy (non-hydrogen) atoms. The molecule has 0 aliphatic rings. The first-order valence-corrected chi connectivity index (χ1v) is 5.94. The highest BCUT2D eigenvalue weighted by Gasteiger charge is 2.08. The monoisotopic (exact) mass is 224 g/mol. The van der Waals surface area contributed by atoms with E-state index in [2.05, 4.69) is 31.1 Å². The van der Waals surface area contributed by atoms with Crippen LogP contribution in [0.5, 0.6) is 5.88 Å². The number of aryl methyl sites for hydroxylation is 1. The average Bonchev–Trinajstić information content (AvgIpc) is 2.33. The van der Waals surface area contributed by atoms with Gasteiger partial charge in [-0.05, 0) is 31.4 Å². The van der Waals surface area contributed by atoms with Crippen LogP contribution in [-0.2, 0) is 0 Å². The van der Waals surface area contributed by atoms with Gasteiger partial charge in [-0.1, -0.05) is 20.8 Å². The highest BCUT2D eigenvalue weighted by molar-refractivity contribution is 5.60. The Morgan fingerprint density at radius 3 is 2.44 bits per heavy atom. The first-order chi connectivity index (χ1) is 7.70. The summed E-state index contributed by atoms with van der Waals surface area (Å²) in [6.45, 7) is 11.2. The molecule has 0 aliphatic heterocycles. The maximum atomic E-state index is 5.20. The number of anilines is 1. The number of ether oxygens (including phenoxy) is 1. The minimum Gasteiger partial charge on any atom is -0.480 e. The van der Waals surface area contributed by atoms with Crippen LogP contribution in [0.1, 0.15) is 38.3 Å². The van der Waals surface area contributed by atoms with Gasteiger partial charge in [0, 0.05) is 12.7 Å². The summed E-state index contributed by atoms with van der Waals surface area (Å²) in [6, 6.07) is 0. The Morgan fingerprint density at radius 1 is 1.31 bits per heavy atom. The quantitative estimate of drug-likeness (QED) is 0.849. The molecule has 0 saturated carbocycles. The van der Waals surface area contributed by atoms with Gasteiger partial charge in [0.15, 0.2) is 0 Å². The van der Waals surface area contributed by atoms with Crippen LogP contribution in [0.2, 0.25) is 0 Å². The molecule has 0 unspecified atom stereocenters. The molecule has 1 heterocycles. The molecule has 0 spiro atoms. The second kappa shape index (κ2) is 7.97. The third-order valence-electron chi connectivity index (χ3n) is 2.30. The molecule has 0 radical (unpaired) electrons. The second-order valence-electron chi connectivity index (χ2n) is 3.38. The van der Waals surface area contributed by atoms with Crippen molar-refractivity contribution in [3.63, 3.8) is 0 Å². The number of methoxy groups -OCH3 is 1. The molecule has 3 nitrogen and oxygen atoms in total. The molecule has 92 valence electrons. The lowest BCUT2D eigenvalue weighted by Gasteiger charge is -2.13. The molecule has 1 aromatic rings. The minimum atomic E-state index is 0.682. The summed E-state index contributed by atoms with van der Waals surface area (Å²) in [4.78, 5) is 4.23. The number of nitrogens with zero attached hydrogens (tertiary/aromatic N) is 1. The zero-order chi connectivity index (χ0) is 12.6. The van der Waals surface area contributed by atoms with Crippen LogP contribution in [0.4, 0.5) is 5.69 Å². The molecule has 0 aliphatic carbocycles. The van der Waals surface area contributed by atoms with Crippen molar-refractivity contribution in [2.24, 2.45) is 0 Å². The van der Waals surface area contributed by atoms with Gasteiger partial charge in [-0.15, -0.1) is 0 Å². The van der Waals surface area contributed by atoms with Crippen molar-refractivity contribution in [1.82, 2.24) is 4.98 Å². The Labute approximate surface area is 99.2 Å². The molecule has 3 heteroatoms. The standard InChI is InChI=1S/C11H18N2O.C2H6/c1-5-6-12-10-9(3)8(2)7-13-11(10)14-4;1-2/h7,12H,5-6H2,1-4H3;1-2H3. The summed E-state index contributed by atoms with van der Waals surface area (Å²) in [7, 11) is 1.65. The van der Waals surface area contributed by atoms with E-state index < -0.39 is 0 Å². The van der Waals surface area contributed by atoms with Gasteiger partial charge >= 0.3 is 0 Å². The predicted molar refractivity (Wildman–Crippen MR) is 70.4 cm³/mol. The predicted octanol–water partition coefficient (Wildman–Crippen LogP) is 3.56. The number of pyridine rings is 1. The number of hydrogen-bond acceptors (Lipinski definition) is 3. The molecule has 0 amide bonds. The van der Waals surface area contributed by atoms with Crippen LogP contribution in [0, 0.1) is 13.8 Å². The average molecular weight is 224 g/mol. The fraction of sp³-hybridized carbons (Fsp3) is 0.615. The number of nitrogens with one attached hydrogen (secondary N) is 1. The Balaban J connectivity index is 0.00000106. The fourth-order valence-electron chi connectivity index (χ4n) is 1.29. The van der Waals surface area contributed by atoms with Gasteiger partial charge in [0.05, 0.1) is 7.11 Å². The van der Waals surface area contributed by atoms with Crippen molar-refractivity contribution >= 4 is 5.69 Å². The third kappa shape index (κ3) is 3.72. The molecule has 0 aromatic carbocycles. The third-order valence-corrected chi connectivity index (χ3v) is 2.30. The topological polar surface area (TPSA) is 34.1 Å². The van der Waals surface area contributed by atoms with E-state index in [0.29, 0.717) is 5.88 Å². The van der Waals surface area contributed by atoms with Gasteiger partial charge in [0.25, 0.3) is 0 Å². The van der Waals surface area contributed by atoms with E-state index in [0.717, 1.165) is 18.7 Å². The highest BCUT2D eigenvalue weighted by Crippen LogP contribution is 2.27. The summed E-state index contributed by atoms with van der Waals surface area (Å²) in [5.74, 6) is 0.682. The van der Waals surface area contributed by atoms with Crippen LogP contribution >= 0.6 is 0 Å². The zero-order valence-corrected chi connectivity index (χ0v) is 11.3. The van der Waals surface area contributed by atoms with E-state index in [9.17, 15) is 0 Å². The number of aromatic nitrogens is 1. The highest BCUT2D eigenvalue weighted by atomic mass is 16.5.